The zero-order valence-corrected chi connectivity index (χ0v) is 11.1. The van der Waals surface area contributed by atoms with E-state index in [1.165, 1.54) is 30.2 Å². The Kier molecular flexibility index (Phi) is 4.22. The van der Waals surface area contributed by atoms with Gasteiger partial charge in [0.15, 0.2) is 0 Å². The van der Waals surface area contributed by atoms with Gasteiger partial charge in [0.25, 0.3) is 5.91 Å². The minimum Gasteiger partial charge on any atom is -0.496 e. The fraction of sp³-hybridized carbons (Fsp3) is 0.429. The van der Waals surface area contributed by atoms with Crippen molar-refractivity contribution < 1.29 is 23.8 Å². The number of carboxylic acid groups (broad SMARTS) is 1. The van der Waals surface area contributed by atoms with Crippen LogP contribution in [0.25, 0.3) is 0 Å². The van der Waals surface area contributed by atoms with E-state index in [1.807, 2.05) is 0 Å². The molecule has 0 spiro atoms. The fourth-order valence-electron chi connectivity index (χ4n) is 2.40. The first-order chi connectivity index (χ1) is 9.54. The number of likely N-dealkylation sites (tertiary alicyclic amines) is 1. The number of ether oxygens (including phenoxy) is 1. The van der Waals surface area contributed by atoms with Gasteiger partial charge in [0.05, 0.1) is 13.0 Å². The molecule has 0 aliphatic carbocycles. The van der Waals surface area contributed by atoms with Gasteiger partial charge in [-0.25, -0.2) is 4.39 Å². The number of amides is 1. The number of carbonyl (C=O) groups is 2. The van der Waals surface area contributed by atoms with Crippen molar-refractivity contribution in [2.45, 2.75) is 12.8 Å². The van der Waals surface area contributed by atoms with E-state index in [0.717, 1.165) is 0 Å². The van der Waals surface area contributed by atoms with Crippen LogP contribution in [-0.2, 0) is 4.79 Å². The Balaban J connectivity index is 2.25. The van der Waals surface area contributed by atoms with E-state index in [-0.39, 0.29) is 17.9 Å². The molecule has 1 saturated heterocycles. The normalized spacial score (nSPS) is 18.7. The average Bonchev–Trinajstić information content (AvgIpc) is 2.46. The van der Waals surface area contributed by atoms with Crippen LogP contribution in [0.4, 0.5) is 4.39 Å². The number of hydrogen-bond donors (Lipinski definition) is 1. The van der Waals surface area contributed by atoms with Crippen molar-refractivity contribution in [1.82, 2.24) is 4.90 Å². The Morgan fingerprint density at radius 2 is 2.20 bits per heavy atom. The number of halogens is 1. The predicted molar refractivity (Wildman–Crippen MR) is 69.2 cm³/mol. The summed E-state index contributed by atoms with van der Waals surface area (Å²) in [7, 11) is 1.36. The maximum absolute atomic E-state index is 13.9. The summed E-state index contributed by atoms with van der Waals surface area (Å²) in [4.78, 5) is 24.8. The summed E-state index contributed by atoms with van der Waals surface area (Å²) in [6.45, 7) is 0.533. The van der Waals surface area contributed by atoms with E-state index in [2.05, 4.69) is 0 Å². The van der Waals surface area contributed by atoms with Crippen LogP contribution in [0.15, 0.2) is 18.2 Å². The van der Waals surface area contributed by atoms with Gasteiger partial charge in [-0.05, 0) is 25.0 Å². The van der Waals surface area contributed by atoms with Crippen LogP contribution >= 0.6 is 0 Å². The van der Waals surface area contributed by atoms with Crippen LogP contribution in [-0.4, -0.2) is 42.1 Å². The molecule has 1 aliphatic rings. The molecule has 0 saturated carbocycles. The molecule has 5 nitrogen and oxygen atoms in total. The molecule has 1 fully saturated rings. The summed E-state index contributed by atoms with van der Waals surface area (Å²) >= 11 is 0. The standard InChI is InChI=1S/C14H16FNO4/c1-20-11-6-2-5-10(15)12(11)13(17)16-7-3-4-9(8-16)14(18)19/h2,5-6,9H,3-4,7-8H2,1H3,(H,18,19)/t9-/m0/s1. The summed E-state index contributed by atoms with van der Waals surface area (Å²) < 4.78 is 18.9. The van der Waals surface area contributed by atoms with Crippen molar-refractivity contribution >= 4 is 11.9 Å². The van der Waals surface area contributed by atoms with Crippen LogP contribution < -0.4 is 4.74 Å². The third-order valence-electron chi connectivity index (χ3n) is 3.47. The minimum absolute atomic E-state index is 0.103. The molecule has 20 heavy (non-hydrogen) atoms. The number of carbonyl (C=O) groups excluding carboxylic acids is 1. The lowest BCUT2D eigenvalue weighted by atomic mass is 9.97. The predicted octanol–water partition coefficient (Wildman–Crippen LogP) is 1.77. The summed E-state index contributed by atoms with van der Waals surface area (Å²) in [5.74, 6) is -2.54. The molecule has 1 heterocycles. The number of nitrogens with zero attached hydrogens (tertiary/aromatic N) is 1. The van der Waals surface area contributed by atoms with Crippen molar-refractivity contribution in [3.63, 3.8) is 0 Å². The molecule has 1 N–H and O–H groups in total. The molecule has 1 aromatic rings. The van der Waals surface area contributed by atoms with Gasteiger partial charge < -0.3 is 14.7 Å². The van der Waals surface area contributed by atoms with E-state index < -0.39 is 23.6 Å². The van der Waals surface area contributed by atoms with E-state index in [4.69, 9.17) is 9.84 Å². The summed E-state index contributed by atoms with van der Waals surface area (Å²) in [6.07, 6.45) is 1.13. The summed E-state index contributed by atoms with van der Waals surface area (Å²) in [6, 6.07) is 4.16. The molecule has 1 atom stereocenters. The third kappa shape index (κ3) is 2.74. The second kappa shape index (κ2) is 5.90. The first-order valence-electron chi connectivity index (χ1n) is 6.39. The SMILES string of the molecule is COc1cccc(F)c1C(=O)N1CCC[C@H](C(=O)O)C1. The van der Waals surface area contributed by atoms with Crippen molar-refractivity contribution in [3.05, 3.63) is 29.6 Å². The Morgan fingerprint density at radius 1 is 1.45 bits per heavy atom. The van der Waals surface area contributed by atoms with E-state index in [9.17, 15) is 14.0 Å². The lowest BCUT2D eigenvalue weighted by Crippen LogP contribution is -2.42. The maximum atomic E-state index is 13.9. The number of hydrogen-bond acceptors (Lipinski definition) is 3. The molecule has 6 heteroatoms. The molecule has 0 radical (unpaired) electrons. The fourth-order valence-corrected chi connectivity index (χ4v) is 2.40. The van der Waals surface area contributed by atoms with Crippen molar-refractivity contribution in [3.8, 4) is 5.75 Å². The number of benzene rings is 1. The summed E-state index contributed by atoms with van der Waals surface area (Å²) in [5.41, 5.74) is -0.138. The zero-order valence-electron chi connectivity index (χ0n) is 11.1. The smallest absolute Gasteiger partial charge is 0.308 e. The molecule has 108 valence electrons. The maximum Gasteiger partial charge on any atom is 0.308 e. The minimum atomic E-state index is -0.928. The Morgan fingerprint density at radius 3 is 2.85 bits per heavy atom. The Hall–Kier alpha value is -2.11. The van der Waals surface area contributed by atoms with E-state index in [1.54, 1.807) is 0 Å². The monoisotopic (exact) mass is 281 g/mol. The van der Waals surface area contributed by atoms with E-state index >= 15 is 0 Å². The molecule has 0 bridgehead atoms. The highest BCUT2D eigenvalue weighted by atomic mass is 19.1. The van der Waals surface area contributed by atoms with Gasteiger partial charge in [-0.2, -0.15) is 0 Å². The van der Waals surface area contributed by atoms with E-state index in [0.29, 0.717) is 19.4 Å². The Labute approximate surface area is 116 Å². The number of methoxy groups -OCH3 is 1. The Bertz CT molecular complexity index is 532. The summed E-state index contributed by atoms with van der Waals surface area (Å²) in [5, 5.41) is 9.03. The van der Waals surface area contributed by atoms with Crippen LogP contribution in [0, 0.1) is 11.7 Å². The molecular weight excluding hydrogens is 265 g/mol. The zero-order chi connectivity index (χ0) is 14.7. The molecule has 0 aromatic heterocycles. The van der Waals surface area contributed by atoms with Gasteiger partial charge in [0.2, 0.25) is 0 Å². The lowest BCUT2D eigenvalue weighted by Gasteiger charge is -2.31. The van der Waals surface area contributed by atoms with Crippen LogP contribution in [0.3, 0.4) is 0 Å². The molecule has 2 rings (SSSR count). The average molecular weight is 281 g/mol. The second-order valence-electron chi connectivity index (χ2n) is 4.75. The first kappa shape index (κ1) is 14.3. The van der Waals surface area contributed by atoms with Gasteiger partial charge >= 0.3 is 5.97 Å². The van der Waals surface area contributed by atoms with Crippen LogP contribution in [0.1, 0.15) is 23.2 Å². The molecule has 1 aromatic carbocycles. The molecular formula is C14H16FNO4. The quantitative estimate of drug-likeness (QED) is 0.917. The highest BCUT2D eigenvalue weighted by Crippen LogP contribution is 2.25. The number of carboxylic acids is 1. The van der Waals surface area contributed by atoms with Gasteiger partial charge in [-0.1, -0.05) is 6.07 Å². The van der Waals surface area contributed by atoms with Crippen molar-refractivity contribution in [2.24, 2.45) is 5.92 Å². The second-order valence-corrected chi connectivity index (χ2v) is 4.75. The van der Waals surface area contributed by atoms with Gasteiger partial charge in [-0.3, -0.25) is 9.59 Å². The van der Waals surface area contributed by atoms with Crippen LogP contribution in [0.2, 0.25) is 0 Å². The molecule has 1 amide bonds. The topological polar surface area (TPSA) is 66.8 Å². The van der Waals surface area contributed by atoms with Crippen molar-refractivity contribution in [2.75, 3.05) is 20.2 Å². The molecule has 1 aliphatic heterocycles. The van der Waals surface area contributed by atoms with Gasteiger partial charge in [0.1, 0.15) is 17.1 Å². The van der Waals surface area contributed by atoms with Gasteiger partial charge in [-0.15, -0.1) is 0 Å². The highest BCUT2D eigenvalue weighted by molar-refractivity contribution is 5.97. The number of rotatable bonds is 3. The first-order valence-corrected chi connectivity index (χ1v) is 6.39. The number of piperidine rings is 1. The third-order valence-corrected chi connectivity index (χ3v) is 3.47. The number of aliphatic carboxylic acids is 1. The van der Waals surface area contributed by atoms with Crippen molar-refractivity contribution in [1.29, 1.82) is 0 Å². The highest BCUT2D eigenvalue weighted by Gasteiger charge is 2.31. The van der Waals surface area contributed by atoms with Gasteiger partial charge in [0, 0.05) is 13.1 Å². The lowest BCUT2D eigenvalue weighted by molar-refractivity contribution is -0.143. The molecule has 0 unspecified atom stereocenters. The largest absolute Gasteiger partial charge is 0.496 e. The van der Waals surface area contributed by atoms with Crippen LogP contribution in [0.5, 0.6) is 5.75 Å².